The Balaban J connectivity index is 0.00000900. The Hall–Kier alpha value is -0.770. The monoisotopic (exact) mass is 553 g/mol. The third-order valence-electron chi connectivity index (χ3n) is 5.69. The zero-order valence-electron chi connectivity index (χ0n) is 21.3. The van der Waals surface area contributed by atoms with Gasteiger partial charge in [-0.1, -0.05) is 13.8 Å². The number of rotatable bonds is 8. The quantitative estimate of drug-likeness (QED) is 0.268. The Bertz CT molecular complexity index is 549. The fourth-order valence-corrected chi connectivity index (χ4v) is 3.82. The second kappa shape index (κ2) is 14.4. The van der Waals surface area contributed by atoms with E-state index in [1.807, 2.05) is 27.8 Å². The maximum atomic E-state index is 12.2. The van der Waals surface area contributed by atoms with E-state index < -0.39 is 5.60 Å². The molecule has 2 atom stereocenters. The fourth-order valence-electron chi connectivity index (χ4n) is 3.82. The molecular formula is C23H48IN5O2. The number of carbonyl (C=O) groups excluding carboxylic acids is 1. The number of piperidine rings is 1. The third-order valence-corrected chi connectivity index (χ3v) is 5.69. The summed E-state index contributed by atoms with van der Waals surface area (Å²) in [6.07, 6.45) is 3.02. The first-order valence-electron chi connectivity index (χ1n) is 11.6. The van der Waals surface area contributed by atoms with E-state index in [4.69, 9.17) is 4.74 Å². The summed E-state index contributed by atoms with van der Waals surface area (Å²) in [5.74, 6) is 1.89. The number of nitrogens with one attached hydrogen (secondary N) is 2. The van der Waals surface area contributed by atoms with E-state index in [2.05, 4.69) is 60.2 Å². The summed E-state index contributed by atoms with van der Waals surface area (Å²) >= 11 is 0. The van der Waals surface area contributed by atoms with Crippen molar-refractivity contribution >= 4 is 36.0 Å². The van der Waals surface area contributed by atoms with Gasteiger partial charge >= 0.3 is 6.09 Å². The van der Waals surface area contributed by atoms with Crippen molar-refractivity contribution in [3.63, 3.8) is 0 Å². The lowest BCUT2D eigenvalue weighted by molar-refractivity contribution is 0.0486. The average Bonchev–Trinajstić information content (AvgIpc) is 2.64. The van der Waals surface area contributed by atoms with Gasteiger partial charge < -0.3 is 25.2 Å². The second-order valence-corrected chi connectivity index (χ2v) is 10.2. The Labute approximate surface area is 208 Å². The molecule has 1 saturated heterocycles. The van der Waals surface area contributed by atoms with Crippen LogP contribution in [-0.2, 0) is 4.74 Å². The molecule has 1 aliphatic heterocycles. The molecule has 0 aromatic rings. The molecule has 0 aromatic carbocycles. The van der Waals surface area contributed by atoms with Crippen molar-refractivity contribution in [1.29, 1.82) is 0 Å². The molecule has 8 heteroatoms. The highest BCUT2D eigenvalue weighted by molar-refractivity contribution is 14.0. The van der Waals surface area contributed by atoms with Gasteiger partial charge in [0, 0.05) is 45.8 Å². The molecule has 7 nitrogen and oxygen atoms in total. The summed E-state index contributed by atoms with van der Waals surface area (Å²) in [5.41, 5.74) is -0.487. The van der Waals surface area contributed by atoms with E-state index in [9.17, 15) is 4.79 Å². The lowest BCUT2D eigenvalue weighted by Crippen LogP contribution is -2.48. The van der Waals surface area contributed by atoms with Crippen LogP contribution >= 0.6 is 24.0 Å². The first-order chi connectivity index (χ1) is 13.9. The van der Waals surface area contributed by atoms with Crippen LogP contribution in [0.25, 0.3) is 0 Å². The van der Waals surface area contributed by atoms with E-state index in [-0.39, 0.29) is 36.1 Å². The average molecular weight is 554 g/mol. The number of halogens is 1. The van der Waals surface area contributed by atoms with Gasteiger partial charge in [-0.25, -0.2) is 4.79 Å². The largest absolute Gasteiger partial charge is 0.444 e. The van der Waals surface area contributed by atoms with Gasteiger partial charge in [0.25, 0.3) is 0 Å². The standard InChI is InChI=1S/C23H47N5O2.HI/c1-17(2)20(26-22(29)30-23(5,6)7)12-14-27(9)21(24-8)25-15-19-11-10-13-28(16-19)18(3)4;/h17-20H,10-16H2,1-9H3,(H,24,25)(H,26,29);1H. The summed E-state index contributed by atoms with van der Waals surface area (Å²) in [7, 11) is 3.89. The van der Waals surface area contributed by atoms with Crippen molar-refractivity contribution in [3.05, 3.63) is 0 Å². The van der Waals surface area contributed by atoms with E-state index >= 15 is 0 Å². The third kappa shape index (κ3) is 12.2. The number of hydrogen-bond acceptors (Lipinski definition) is 4. The minimum atomic E-state index is -0.487. The smallest absolute Gasteiger partial charge is 0.407 e. The minimum absolute atomic E-state index is 0. The number of ether oxygens (including phenoxy) is 1. The molecule has 2 N–H and O–H groups in total. The Morgan fingerprint density at radius 1 is 1.26 bits per heavy atom. The number of guanidine groups is 1. The molecule has 0 radical (unpaired) electrons. The van der Waals surface area contributed by atoms with Gasteiger partial charge in [-0.05, 0) is 72.3 Å². The molecule has 0 aliphatic carbocycles. The van der Waals surface area contributed by atoms with Crippen molar-refractivity contribution in [2.24, 2.45) is 16.8 Å². The number of hydrogen-bond donors (Lipinski definition) is 2. The van der Waals surface area contributed by atoms with Crippen molar-refractivity contribution in [1.82, 2.24) is 20.4 Å². The van der Waals surface area contributed by atoms with E-state index in [1.54, 1.807) is 0 Å². The highest BCUT2D eigenvalue weighted by Crippen LogP contribution is 2.18. The number of aliphatic imine (C=N–C) groups is 1. The van der Waals surface area contributed by atoms with Gasteiger partial charge in [-0.3, -0.25) is 4.99 Å². The normalized spacial score (nSPS) is 19.1. The Morgan fingerprint density at radius 3 is 2.42 bits per heavy atom. The zero-order valence-corrected chi connectivity index (χ0v) is 23.7. The van der Waals surface area contributed by atoms with Crippen LogP contribution in [0.5, 0.6) is 0 Å². The maximum absolute atomic E-state index is 12.2. The molecule has 1 fully saturated rings. The SMILES string of the molecule is CN=C(NCC1CCCN(C(C)C)C1)N(C)CCC(NC(=O)OC(C)(C)C)C(C)C.I. The number of alkyl carbamates (subject to hydrolysis) is 1. The van der Waals surface area contributed by atoms with Gasteiger partial charge in [0.1, 0.15) is 5.60 Å². The summed E-state index contributed by atoms with van der Waals surface area (Å²) in [6.45, 7) is 18.6. The first kappa shape index (κ1) is 30.2. The number of nitrogens with zero attached hydrogens (tertiary/aromatic N) is 3. The second-order valence-electron chi connectivity index (χ2n) is 10.2. The van der Waals surface area contributed by atoms with Gasteiger partial charge in [0.05, 0.1) is 0 Å². The summed E-state index contributed by atoms with van der Waals surface area (Å²) in [4.78, 5) is 21.4. The molecule has 0 saturated carbocycles. The van der Waals surface area contributed by atoms with Crippen molar-refractivity contribution < 1.29 is 9.53 Å². The predicted octanol–water partition coefficient (Wildman–Crippen LogP) is 4.17. The predicted molar refractivity (Wildman–Crippen MR) is 141 cm³/mol. The van der Waals surface area contributed by atoms with Crippen LogP contribution in [-0.4, -0.2) is 79.8 Å². The summed E-state index contributed by atoms with van der Waals surface area (Å²) in [5, 5.41) is 6.59. The number of likely N-dealkylation sites (tertiary alicyclic amines) is 1. The topological polar surface area (TPSA) is 69.2 Å². The summed E-state index contributed by atoms with van der Waals surface area (Å²) < 4.78 is 5.42. The molecule has 184 valence electrons. The van der Waals surface area contributed by atoms with Crippen LogP contribution in [0.3, 0.4) is 0 Å². The highest BCUT2D eigenvalue weighted by Gasteiger charge is 2.24. The fraction of sp³-hybridized carbons (Fsp3) is 0.913. The molecule has 1 aliphatic rings. The van der Waals surface area contributed by atoms with E-state index in [0.29, 0.717) is 17.9 Å². The minimum Gasteiger partial charge on any atom is -0.444 e. The number of carbonyl (C=O) groups is 1. The van der Waals surface area contributed by atoms with Crippen LogP contribution in [0, 0.1) is 11.8 Å². The lowest BCUT2D eigenvalue weighted by atomic mass is 9.97. The van der Waals surface area contributed by atoms with E-state index in [1.165, 1.54) is 19.4 Å². The molecular weight excluding hydrogens is 505 g/mol. The molecule has 1 heterocycles. The van der Waals surface area contributed by atoms with Crippen molar-refractivity contribution in [2.45, 2.75) is 85.4 Å². The Kier molecular flexibility index (Phi) is 14.0. The first-order valence-corrected chi connectivity index (χ1v) is 11.6. The zero-order chi connectivity index (χ0) is 22.9. The molecule has 1 amide bonds. The highest BCUT2D eigenvalue weighted by atomic mass is 127. The van der Waals surface area contributed by atoms with Crippen molar-refractivity contribution in [2.75, 3.05) is 40.3 Å². The van der Waals surface area contributed by atoms with Crippen molar-refractivity contribution in [3.8, 4) is 0 Å². The van der Waals surface area contributed by atoms with Gasteiger partial charge in [0.2, 0.25) is 0 Å². The Morgan fingerprint density at radius 2 is 1.90 bits per heavy atom. The van der Waals surface area contributed by atoms with Gasteiger partial charge in [0.15, 0.2) is 5.96 Å². The number of amides is 1. The van der Waals surface area contributed by atoms with Gasteiger partial charge in [-0.15, -0.1) is 24.0 Å². The molecule has 31 heavy (non-hydrogen) atoms. The van der Waals surface area contributed by atoms with Crippen LogP contribution in [0.15, 0.2) is 4.99 Å². The van der Waals surface area contributed by atoms with Crippen LogP contribution < -0.4 is 10.6 Å². The van der Waals surface area contributed by atoms with Crippen LogP contribution in [0.4, 0.5) is 4.79 Å². The van der Waals surface area contributed by atoms with Crippen LogP contribution in [0.1, 0.15) is 67.7 Å². The molecule has 2 unspecified atom stereocenters. The van der Waals surface area contributed by atoms with Gasteiger partial charge in [-0.2, -0.15) is 0 Å². The maximum Gasteiger partial charge on any atom is 0.407 e. The van der Waals surface area contributed by atoms with E-state index in [0.717, 1.165) is 32.0 Å². The molecule has 1 rings (SSSR count). The molecule has 0 bridgehead atoms. The van der Waals surface area contributed by atoms with Crippen LogP contribution in [0.2, 0.25) is 0 Å². The lowest BCUT2D eigenvalue weighted by Gasteiger charge is -2.36. The molecule has 0 spiro atoms. The summed E-state index contributed by atoms with van der Waals surface area (Å²) in [6, 6.07) is 0.665. The molecule has 0 aromatic heterocycles.